The maximum absolute atomic E-state index is 11.5. The van der Waals surface area contributed by atoms with E-state index < -0.39 is 0 Å². The van der Waals surface area contributed by atoms with Crippen molar-refractivity contribution in [3.8, 4) is 11.5 Å². The molecule has 0 unspecified atom stereocenters. The first-order valence-electron chi connectivity index (χ1n) is 4.66. The standard InChI is InChI=1S/C11H12O3/c1-3-9(12)8-5-11-10(4-7(8)2)13-6-14-11/h4-5H,3,6H2,1-2H3. The van der Waals surface area contributed by atoms with Crippen LogP contribution in [0.4, 0.5) is 0 Å². The first-order valence-corrected chi connectivity index (χ1v) is 4.66. The van der Waals surface area contributed by atoms with E-state index in [1.54, 1.807) is 6.07 Å². The van der Waals surface area contributed by atoms with E-state index in [-0.39, 0.29) is 12.6 Å². The Morgan fingerprint density at radius 3 is 2.64 bits per heavy atom. The fourth-order valence-corrected chi connectivity index (χ4v) is 1.53. The zero-order valence-electron chi connectivity index (χ0n) is 8.29. The molecule has 1 aromatic rings. The molecule has 3 heteroatoms. The Morgan fingerprint density at radius 2 is 2.00 bits per heavy atom. The molecule has 0 amide bonds. The fourth-order valence-electron chi connectivity index (χ4n) is 1.53. The highest BCUT2D eigenvalue weighted by Crippen LogP contribution is 2.34. The molecule has 0 fully saturated rings. The highest BCUT2D eigenvalue weighted by atomic mass is 16.7. The van der Waals surface area contributed by atoms with Crippen LogP contribution in [0.25, 0.3) is 0 Å². The van der Waals surface area contributed by atoms with Crippen LogP contribution in [-0.2, 0) is 0 Å². The molecule has 0 N–H and O–H groups in total. The Bertz CT molecular complexity index is 382. The molecule has 1 aliphatic heterocycles. The maximum Gasteiger partial charge on any atom is 0.231 e. The zero-order valence-corrected chi connectivity index (χ0v) is 8.29. The summed E-state index contributed by atoms with van der Waals surface area (Å²) in [6, 6.07) is 3.62. The summed E-state index contributed by atoms with van der Waals surface area (Å²) in [5, 5.41) is 0. The molecule has 0 saturated heterocycles. The van der Waals surface area contributed by atoms with Crippen molar-refractivity contribution >= 4 is 5.78 Å². The van der Waals surface area contributed by atoms with Crippen LogP contribution in [0.2, 0.25) is 0 Å². The summed E-state index contributed by atoms with van der Waals surface area (Å²) in [6.07, 6.45) is 0.514. The summed E-state index contributed by atoms with van der Waals surface area (Å²) in [7, 11) is 0. The summed E-state index contributed by atoms with van der Waals surface area (Å²) in [5.41, 5.74) is 1.68. The number of hydrogen-bond acceptors (Lipinski definition) is 3. The lowest BCUT2D eigenvalue weighted by atomic mass is 10.0. The number of ketones is 1. The summed E-state index contributed by atoms with van der Waals surface area (Å²) in [6.45, 7) is 4.01. The molecule has 0 atom stereocenters. The Balaban J connectivity index is 2.47. The molecule has 0 radical (unpaired) electrons. The van der Waals surface area contributed by atoms with Crippen molar-refractivity contribution in [2.24, 2.45) is 0 Å². The van der Waals surface area contributed by atoms with E-state index in [9.17, 15) is 4.79 Å². The number of benzene rings is 1. The highest BCUT2D eigenvalue weighted by molar-refractivity contribution is 5.97. The minimum atomic E-state index is 0.140. The van der Waals surface area contributed by atoms with E-state index in [0.29, 0.717) is 12.2 Å². The molecule has 1 aromatic carbocycles. The topological polar surface area (TPSA) is 35.5 Å². The third-order valence-corrected chi connectivity index (χ3v) is 2.34. The second-order valence-corrected chi connectivity index (χ2v) is 3.30. The SMILES string of the molecule is CCC(=O)c1cc2c(cc1C)OCO2. The van der Waals surface area contributed by atoms with Crippen molar-refractivity contribution in [2.75, 3.05) is 6.79 Å². The van der Waals surface area contributed by atoms with Crippen molar-refractivity contribution in [1.82, 2.24) is 0 Å². The number of ether oxygens (including phenoxy) is 2. The molecule has 74 valence electrons. The number of fused-ring (bicyclic) bond motifs is 1. The van der Waals surface area contributed by atoms with E-state index in [0.717, 1.165) is 16.9 Å². The van der Waals surface area contributed by atoms with Gasteiger partial charge < -0.3 is 9.47 Å². The van der Waals surface area contributed by atoms with Crippen molar-refractivity contribution in [3.05, 3.63) is 23.3 Å². The maximum atomic E-state index is 11.5. The van der Waals surface area contributed by atoms with Gasteiger partial charge >= 0.3 is 0 Å². The average molecular weight is 192 g/mol. The quantitative estimate of drug-likeness (QED) is 0.674. The minimum absolute atomic E-state index is 0.140. The van der Waals surface area contributed by atoms with Gasteiger partial charge in [-0.15, -0.1) is 0 Å². The molecule has 2 rings (SSSR count). The van der Waals surface area contributed by atoms with E-state index >= 15 is 0 Å². The van der Waals surface area contributed by atoms with Gasteiger partial charge in [0.05, 0.1) is 0 Å². The molecule has 1 heterocycles. The molecule has 1 aliphatic rings. The van der Waals surface area contributed by atoms with Crippen molar-refractivity contribution in [1.29, 1.82) is 0 Å². The predicted octanol–water partition coefficient (Wildman–Crippen LogP) is 2.32. The molecule has 3 nitrogen and oxygen atoms in total. The largest absolute Gasteiger partial charge is 0.454 e. The van der Waals surface area contributed by atoms with Gasteiger partial charge in [-0.25, -0.2) is 0 Å². The van der Waals surface area contributed by atoms with Crippen LogP contribution in [0.15, 0.2) is 12.1 Å². The number of hydrogen-bond donors (Lipinski definition) is 0. The first-order chi connectivity index (χ1) is 6.72. The highest BCUT2D eigenvalue weighted by Gasteiger charge is 2.17. The van der Waals surface area contributed by atoms with Gasteiger partial charge in [0.25, 0.3) is 0 Å². The lowest BCUT2D eigenvalue weighted by molar-refractivity contribution is 0.0987. The average Bonchev–Trinajstić information content (AvgIpc) is 2.62. The van der Waals surface area contributed by atoms with Gasteiger partial charge in [-0.2, -0.15) is 0 Å². The number of Topliss-reactive ketones (excluding diaryl/α,β-unsaturated/α-hetero) is 1. The van der Waals surface area contributed by atoms with Crippen LogP contribution >= 0.6 is 0 Å². The molecule has 0 aromatic heterocycles. The van der Waals surface area contributed by atoms with Gasteiger partial charge in [0, 0.05) is 12.0 Å². The smallest absolute Gasteiger partial charge is 0.231 e. The van der Waals surface area contributed by atoms with E-state index in [1.807, 2.05) is 19.9 Å². The molecule has 0 spiro atoms. The summed E-state index contributed by atoms with van der Waals surface area (Å²) >= 11 is 0. The van der Waals surface area contributed by atoms with E-state index in [2.05, 4.69) is 0 Å². The van der Waals surface area contributed by atoms with Crippen LogP contribution in [0.1, 0.15) is 29.3 Å². The number of carbonyl (C=O) groups excluding carboxylic acids is 1. The van der Waals surface area contributed by atoms with Crippen molar-refractivity contribution < 1.29 is 14.3 Å². The van der Waals surface area contributed by atoms with Crippen molar-refractivity contribution in [3.63, 3.8) is 0 Å². The summed E-state index contributed by atoms with van der Waals surface area (Å²) < 4.78 is 10.4. The monoisotopic (exact) mass is 192 g/mol. The number of carbonyl (C=O) groups is 1. The van der Waals surface area contributed by atoms with Crippen LogP contribution in [-0.4, -0.2) is 12.6 Å². The number of rotatable bonds is 2. The van der Waals surface area contributed by atoms with Gasteiger partial charge in [-0.1, -0.05) is 6.92 Å². The van der Waals surface area contributed by atoms with Gasteiger partial charge in [0.15, 0.2) is 17.3 Å². The Morgan fingerprint density at radius 1 is 1.36 bits per heavy atom. The van der Waals surface area contributed by atoms with Gasteiger partial charge in [-0.3, -0.25) is 4.79 Å². The molecule has 14 heavy (non-hydrogen) atoms. The van der Waals surface area contributed by atoms with Crippen molar-refractivity contribution in [2.45, 2.75) is 20.3 Å². The normalized spacial score (nSPS) is 13.0. The van der Waals surface area contributed by atoms with Crippen LogP contribution in [0, 0.1) is 6.92 Å². The van der Waals surface area contributed by atoms with E-state index in [4.69, 9.17) is 9.47 Å². The third-order valence-electron chi connectivity index (χ3n) is 2.34. The molecular formula is C11H12O3. The molecule has 0 aliphatic carbocycles. The molecule has 0 bridgehead atoms. The predicted molar refractivity (Wildman–Crippen MR) is 51.9 cm³/mol. The van der Waals surface area contributed by atoms with Gasteiger partial charge in [0.1, 0.15) is 0 Å². The van der Waals surface area contributed by atoms with Crippen LogP contribution in [0.3, 0.4) is 0 Å². The van der Waals surface area contributed by atoms with Crippen LogP contribution in [0.5, 0.6) is 11.5 Å². The second kappa shape index (κ2) is 3.33. The lowest BCUT2D eigenvalue weighted by Gasteiger charge is -2.04. The third kappa shape index (κ3) is 1.35. The van der Waals surface area contributed by atoms with Crippen LogP contribution < -0.4 is 9.47 Å². The number of aryl methyl sites for hydroxylation is 1. The van der Waals surface area contributed by atoms with Gasteiger partial charge in [0.2, 0.25) is 6.79 Å². The first kappa shape index (κ1) is 9.06. The molecular weight excluding hydrogens is 180 g/mol. The lowest BCUT2D eigenvalue weighted by Crippen LogP contribution is -1.99. The minimum Gasteiger partial charge on any atom is -0.454 e. The summed E-state index contributed by atoms with van der Waals surface area (Å²) in [4.78, 5) is 11.5. The van der Waals surface area contributed by atoms with E-state index in [1.165, 1.54) is 0 Å². The molecule has 0 saturated carbocycles. The zero-order chi connectivity index (χ0) is 10.1. The Hall–Kier alpha value is -1.51. The second-order valence-electron chi connectivity index (χ2n) is 3.30. The van der Waals surface area contributed by atoms with Gasteiger partial charge in [-0.05, 0) is 24.6 Å². The Labute approximate surface area is 82.6 Å². The fraction of sp³-hybridized carbons (Fsp3) is 0.364. The Kier molecular flexibility index (Phi) is 2.15. The summed E-state index contributed by atoms with van der Waals surface area (Å²) in [5.74, 6) is 1.54.